The summed E-state index contributed by atoms with van der Waals surface area (Å²) in [5.74, 6) is 0.233. The Labute approximate surface area is 190 Å². The number of anilines is 1. The second-order valence-electron chi connectivity index (χ2n) is 7.62. The maximum absolute atomic E-state index is 13.1. The Morgan fingerprint density at radius 3 is 2.34 bits per heavy atom. The van der Waals surface area contributed by atoms with Crippen LogP contribution in [0.1, 0.15) is 23.2 Å². The number of rotatable bonds is 5. The molecule has 1 aliphatic rings. The van der Waals surface area contributed by atoms with Crippen molar-refractivity contribution in [1.29, 1.82) is 0 Å². The monoisotopic (exact) mass is 452 g/mol. The molecule has 1 aliphatic heterocycles. The van der Waals surface area contributed by atoms with Gasteiger partial charge in [-0.2, -0.15) is 0 Å². The molecule has 1 fully saturated rings. The standard InChI is InChI=1S/C25H22ClFN2O3/c26-19-8-11-23(32-21-4-2-1-3-5-21)22(16-19)28-24(30)17-12-14-29(15-13-17)25(31)18-6-9-20(27)10-7-18/h1-11,16-17H,12-15H2,(H,28,30). The fourth-order valence-electron chi connectivity index (χ4n) is 3.66. The van der Waals surface area contributed by atoms with Crippen LogP contribution in [-0.2, 0) is 4.79 Å². The molecule has 3 aromatic rings. The summed E-state index contributed by atoms with van der Waals surface area (Å²) in [5, 5.41) is 3.42. The van der Waals surface area contributed by atoms with Crippen LogP contribution in [-0.4, -0.2) is 29.8 Å². The average molecular weight is 453 g/mol. The van der Waals surface area contributed by atoms with E-state index in [2.05, 4.69) is 5.32 Å². The quantitative estimate of drug-likeness (QED) is 0.535. The van der Waals surface area contributed by atoms with Crippen molar-refractivity contribution in [2.45, 2.75) is 12.8 Å². The number of piperidine rings is 1. The van der Waals surface area contributed by atoms with Crippen molar-refractivity contribution in [1.82, 2.24) is 4.90 Å². The molecule has 4 rings (SSSR count). The number of halogens is 2. The van der Waals surface area contributed by atoms with Crippen LogP contribution in [0, 0.1) is 11.7 Å². The van der Waals surface area contributed by atoms with Crippen molar-refractivity contribution in [3.63, 3.8) is 0 Å². The van der Waals surface area contributed by atoms with E-state index in [0.717, 1.165) is 0 Å². The van der Waals surface area contributed by atoms with Crippen LogP contribution in [0.15, 0.2) is 72.8 Å². The first kappa shape index (κ1) is 21.8. The number of nitrogens with zero attached hydrogens (tertiary/aromatic N) is 1. The van der Waals surface area contributed by atoms with Crippen LogP contribution < -0.4 is 10.1 Å². The molecule has 0 atom stereocenters. The molecule has 0 unspecified atom stereocenters. The number of carbonyl (C=O) groups excluding carboxylic acids is 2. The highest BCUT2D eigenvalue weighted by Crippen LogP contribution is 2.33. The molecular weight excluding hydrogens is 431 g/mol. The minimum atomic E-state index is -0.381. The van der Waals surface area contributed by atoms with E-state index in [9.17, 15) is 14.0 Å². The maximum atomic E-state index is 13.1. The number of likely N-dealkylation sites (tertiary alicyclic amines) is 1. The van der Waals surface area contributed by atoms with E-state index in [1.54, 1.807) is 23.1 Å². The second kappa shape index (κ2) is 9.83. The lowest BCUT2D eigenvalue weighted by Gasteiger charge is -2.31. The lowest BCUT2D eigenvalue weighted by atomic mass is 9.95. The van der Waals surface area contributed by atoms with Gasteiger partial charge in [0.25, 0.3) is 5.91 Å². The molecule has 0 bridgehead atoms. The lowest BCUT2D eigenvalue weighted by Crippen LogP contribution is -2.41. The largest absolute Gasteiger partial charge is 0.455 e. The van der Waals surface area contributed by atoms with Crippen LogP contribution in [0.3, 0.4) is 0 Å². The Hall–Kier alpha value is -3.38. The molecule has 7 heteroatoms. The predicted octanol–water partition coefficient (Wildman–Crippen LogP) is 5.76. The molecule has 0 aromatic heterocycles. The van der Waals surface area contributed by atoms with E-state index >= 15 is 0 Å². The molecule has 32 heavy (non-hydrogen) atoms. The molecule has 0 saturated carbocycles. The molecule has 1 heterocycles. The minimum absolute atomic E-state index is 0.140. The summed E-state index contributed by atoms with van der Waals surface area (Å²) in [6.07, 6.45) is 1.07. The Morgan fingerprint density at radius 1 is 0.969 bits per heavy atom. The first-order valence-corrected chi connectivity index (χ1v) is 10.8. The number of nitrogens with one attached hydrogen (secondary N) is 1. The Kier molecular flexibility index (Phi) is 6.71. The van der Waals surface area contributed by atoms with Crippen molar-refractivity contribution in [3.05, 3.63) is 89.2 Å². The fourth-order valence-corrected chi connectivity index (χ4v) is 3.83. The van der Waals surface area contributed by atoms with Gasteiger partial charge in [-0.25, -0.2) is 4.39 Å². The molecule has 1 saturated heterocycles. The molecule has 5 nitrogen and oxygen atoms in total. The van der Waals surface area contributed by atoms with Crippen molar-refractivity contribution < 1.29 is 18.7 Å². The Bertz CT molecular complexity index is 1100. The number of amides is 2. The SMILES string of the molecule is O=C(Nc1cc(Cl)ccc1Oc1ccccc1)C1CCN(C(=O)c2ccc(F)cc2)CC1. The van der Waals surface area contributed by atoms with Gasteiger partial charge >= 0.3 is 0 Å². The number of ether oxygens (including phenoxy) is 1. The van der Waals surface area contributed by atoms with Gasteiger partial charge in [0.15, 0.2) is 5.75 Å². The zero-order valence-corrected chi connectivity index (χ0v) is 18.0. The van der Waals surface area contributed by atoms with Crippen LogP contribution in [0.2, 0.25) is 5.02 Å². The van der Waals surface area contributed by atoms with Gasteiger partial charge in [0.05, 0.1) is 5.69 Å². The van der Waals surface area contributed by atoms with E-state index in [0.29, 0.717) is 53.7 Å². The van der Waals surface area contributed by atoms with Gasteiger partial charge in [0.2, 0.25) is 5.91 Å². The molecule has 0 radical (unpaired) electrons. The lowest BCUT2D eigenvalue weighted by molar-refractivity contribution is -0.121. The fraction of sp³-hybridized carbons (Fsp3) is 0.200. The molecule has 164 valence electrons. The normalized spacial score (nSPS) is 14.1. The summed E-state index contributed by atoms with van der Waals surface area (Å²) in [6.45, 7) is 0.911. The number of para-hydroxylation sites is 1. The average Bonchev–Trinajstić information content (AvgIpc) is 2.81. The molecule has 0 aliphatic carbocycles. The van der Waals surface area contributed by atoms with Gasteiger partial charge in [0, 0.05) is 29.6 Å². The zero-order valence-electron chi connectivity index (χ0n) is 17.3. The summed E-state index contributed by atoms with van der Waals surface area (Å²) in [7, 11) is 0. The smallest absolute Gasteiger partial charge is 0.253 e. The first-order chi connectivity index (χ1) is 15.5. The predicted molar refractivity (Wildman–Crippen MR) is 122 cm³/mol. The number of hydrogen-bond donors (Lipinski definition) is 1. The summed E-state index contributed by atoms with van der Waals surface area (Å²) < 4.78 is 19.0. The Balaban J connectivity index is 1.38. The molecule has 3 aromatic carbocycles. The van der Waals surface area contributed by atoms with Gasteiger partial charge < -0.3 is 15.0 Å². The molecule has 2 amide bonds. The van der Waals surface area contributed by atoms with Crippen LogP contribution >= 0.6 is 11.6 Å². The Morgan fingerprint density at radius 2 is 1.66 bits per heavy atom. The van der Waals surface area contributed by atoms with E-state index in [-0.39, 0.29) is 23.5 Å². The van der Waals surface area contributed by atoms with E-state index in [1.807, 2.05) is 30.3 Å². The summed E-state index contributed by atoms with van der Waals surface area (Å²) >= 11 is 6.14. The van der Waals surface area contributed by atoms with Crippen molar-refractivity contribution >= 4 is 29.1 Å². The van der Waals surface area contributed by atoms with Gasteiger partial charge in [-0.1, -0.05) is 29.8 Å². The van der Waals surface area contributed by atoms with Crippen LogP contribution in [0.4, 0.5) is 10.1 Å². The highest BCUT2D eigenvalue weighted by atomic mass is 35.5. The number of carbonyl (C=O) groups is 2. The van der Waals surface area contributed by atoms with Gasteiger partial charge in [-0.05, 0) is 67.4 Å². The van der Waals surface area contributed by atoms with Gasteiger partial charge in [-0.3, -0.25) is 9.59 Å². The van der Waals surface area contributed by atoms with Gasteiger partial charge in [-0.15, -0.1) is 0 Å². The topological polar surface area (TPSA) is 58.6 Å². The highest BCUT2D eigenvalue weighted by molar-refractivity contribution is 6.31. The maximum Gasteiger partial charge on any atom is 0.253 e. The first-order valence-electron chi connectivity index (χ1n) is 10.4. The third kappa shape index (κ3) is 5.26. The molecule has 1 N–H and O–H groups in total. The minimum Gasteiger partial charge on any atom is -0.455 e. The highest BCUT2D eigenvalue weighted by Gasteiger charge is 2.28. The summed E-state index contributed by atoms with van der Waals surface area (Å²) in [6, 6.07) is 19.9. The third-order valence-electron chi connectivity index (χ3n) is 5.41. The van der Waals surface area contributed by atoms with Crippen molar-refractivity contribution in [3.8, 4) is 11.5 Å². The zero-order chi connectivity index (χ0) is 22.5. The summed E-state index contributed by atoms with van der Waals surface area (Å²) in [4.78, 5) is 27.2. The number of benzene rings is 3. The third-order valence-corrected chi connectivity index (χ3v) is 5.65. The van der Waals surface area contributed by atoms with Crippen LogP contribution in [0.25, 0.3) is 0 Å². The van der Waals surface area contributed by atoms with E-state index in [4.69, 9.17) is 16.3 Å². The number of hydrogen-bond acceptors (Lipinski definition) is 3. The van der Waals surface area contributed by atoms with E-state index in [1.165, 1.54) is 24.3 Å². The van der Waals surface area contributed by atoms with Gasteiger partial charge in [0.1, 0.15) is 11.6 Å². The van der Waals surface area contributed by atoms with E-state index < -0.39 is 0 Å². The van der Waals surface area contributed by atoms with Crippen molar-refractivity contribution in [2.24, 2.45) is 5.92 Å². The summed E-state index contributed by atoms with van der Waals surface area (Å²) in [5.41, 5.74) is 0.937. The second-order valence-corrected chi connectivity index (χ2v) is 8.05. The molecular formula is C25H22ClFN2O3. The van der Waals surface area contributed by atoms with Crippen molar-refractivity contribution in [2.75, 3.05) is 18.4 Å². The molecule has 0 spiro atoms. The van der Waals surface area contributed by atoms with Crippen LogP contribution in [0.5, 0.6) is 11.5 Å².